The van der Waals surface area contributed by atoms with Gasteiger partial charge in [0, 0.05) is 13.8 Å². The van der Waals surface area contributed by atoms with Gasteiger partial charge in [-0.3, -0.25) is 9.59 Å². The Balaban J connectivity index is 2.59. The van der Waals surface area contributed by atoms with Gasteiger partial charge in [-0.15, -0.1) is 0 Å². The SMILES string of the molecule is CC(=O)Nc1c(I)c(NC(C)=O)c(I)c(C(=O)O[C@@H]2C=N2)c1I. The molecule has 0 saturated carbocycles. The molecule has 1 aliphatic heterocycles. The van der Waals surface area contributed by atoms with Crippen molar-refractivity contribution in [2.45, 2.75) is 20.1 Å². The predicted octanol–water partition coefficient (Wildman–Crippen LogP) is 2.98. The van der Waals surface area contributed by atoms with Gasteiger partial charge in [-0.1, -0.05) is 0 Å². The van der Waals surface area contributed by atoms with Crippen LogP contribution in [0.5, 0.6) is 0 Å². The summed E-state index contributed by atoms with van der Waals surface area (Å²) in [4.78, 5) is 39.1. The van der Waals surface area contributed by atoms with Crippen LogP contribution in [0.4, 0.5) is 11.4 Å². The Labute approximate surface area is 172 Å². The van der Waals surface area contributed by atoms with E-state index in [1.165, 1.54) is 20.1 Å². The lowest BCUT2D eigenvalue weighted by Crippen LogP contribution is -2.19. The summed E-state index contributed by atoms with van der Waals surface area (Å²) in [5, 5.41) is 5.40. The molecule has 1 atom stereocenters. The van der Waals surface area contributed by atoms with Crippen molar-refractivity contribution in [1.29, 1.82) is 0 Å². The van der Waals surface area contributed by atoms with Crippen LogP contribution in [-0.4, -0.2) is 30.2 Å². The van der Waals surface area contributed by atoms with E-state index in [-0.39, 0.29) is 17.4 Å². The van der Waals surface area contributed by atoms with Gasteiger partial charge in [0.2, 0.25) is 18.0 Å². The fourth-order valence-corrected chi connectivity index (χ4v) is 5.83. The number of aliphatic imine (C=N–C) groups is 1. The van der Waals surface area contributed by atoms with Gasteiger partial charge >= 0.3 is 5.97 Å². The second-order valence-corrected chi connectivity index (χ2v) is 7.76. The van der Waals surface area contributed by atoms with Crippen molar-refractivity contribution in [1.82, 2.24) is 0 Å². The molecule has 0 aliphatic carbocycles. The van der Waals surface area contributed by atoms with Crippen molar-refractivity contribution < 1.29 is 19.1 Å². The zero-order valence-corrected chi connectivity index (χ0v) is 18.3. The quantitative estimate of drug-likeness (QED) is 0.386. The van der Waals surface area contributed by atoms with Crippen molar-refractivity contribution in [2.75, 3.05) is 10.6 Å². The highest BCUT2D eigenvalue weighted by Gasteiger charge is 2.29. The fourth-order valence-electron chi connectivity index (χ4n) is 1.68. The predicted molar refractivity (Wildman–Crippen MR) is 111 cm³/mol. The summed E-state index contributed by atoms with van der Waals surface area (Å²) in [6.45, 7) is 2.75. The lowest BCUT2D eigenvalue weighted by molar-refractivity contribution is -0.115. The standard InChI is InChI=1S/C13H10I3N3O4/c1-4(20)18-11-8(14)7(13(22)23-6-3-17-6)9(15)12(10(11)16)19-5(2)21/h3,6H,1-2H3,(H,18,20)(H,19,21)/t6-/m1/s1. The first-order valence-corrected chi connectivity index (χ1v) is 9.46. The van der Waals surface area contributed by atoms with Crippen LogP contribution in [-0.2, 0) is 14.3 Å². The molecule has 0 fully saturated rings. The van der Waals surface area contributed by atoms with Crippen molar-refractivity contribution in [3.05, 3.63) is 16.3 Å². The summed E-state index contributed by atoms with van der Waals surface area (Å²) in [5.74, 6) is -1.11. The summed E-state index contributed by atoms with van der Waals surface area (Å²) < 4.78 is 6.91. The maximum absolute atomic E-state index is 12.4. The third-order valence-corrected chi connectivity index (χ3v) is 5.86. The Morgan fingerprint density at radius 2 is 1.43 bits per heavy atom. The van der Waals surface area contributed by atoms with Crippen LogP contribution in [0.15, 0.2) is 4.99 Å². The lowest BCUT2D eigenvalue weighted by atomic mass is 10.1. The number of benzene rings is 1. The maximum Gasteiger partial charge on any atom is 0.342 e. The molecule has 1 aliphatic rings. The summed E-state index contributed by atoms with van der Waals surface area (Å²) >= 11 is 5.98. The van der Waals surface area contributed by atoms with Gasteiger partial charge in [0.05, 0.1) is 33.9 Å². The molecule has 1 aromatic carbocycles. The molecule has 2 N–H and O–H groups in total. The van der Waals surface area contributed by atoms with Crippen molar-refractivity contribution in [2.24, 2.45) is 4.99 Å². The van der Waals surface area contributed by atoms with Crippen LogP contribution < -0.4 is 10.6 Å². The van der Waals surface area contributed by atoms with E-state index in [2.05, 4.69) is 15.6 Å². The Morgan fingerprint density at radius 1 is 1.00 bits per heavy atom. The summed E-state index contributed by atoms with van der Waals surface area (Å²) in [7, 11) is 0. The molecule has 10 heteroatoms. The van der Waals surface area contributed by atoms with E-state index in [1.54, 1.807) is 0 Å². The number of ether oxygens (including phenoxy) is 1. The molecule has 0 unspecified atom stereocenters. The number of amides is 2. The van der Waals surface area contributed by atoms with Gasteiger partial charge in [0.15, 0.2) is 0 Å². The molecule has 1 heterocycles. The van der Waals surface area contributed by atoms with Gasteiger partial charge < -0.3 is 15.4 Å². The summed E-state index contributed by atoms with van der Waals surface area (Å²) in [6, 6.07) is 0. The molecule has 0 saturated heterocycles. The van der Waals surface area contributed by atoms with Gasteiger partial charge in [-0.2, -0.15) is 0 Å². The summed E-state index contributed by atoms with van der Waals surface area (Å²) in [5.41, 5.74) is 1.22. The molecule has 2 amide bonds. The topological polar surface area (TPSA) is 96.9 Å². The van der Waals surface area contributed by atoms with E-state index in [0.29, 0.717) is 22.1 Å². The number of hydrogen-bond acceptors (Lipinski definition) is 5. The van der Waals surface area contributed by atoms with Gasteiger partial charge in [-0.05, 0) is 67.8 Å². The first kappa shape index (κ1) is 18.8. The first-order chi connectivity index (χ1) is 10.7. The minimum absolute atomic E-state index is 0.277. The van der Waals surface area contributed by atoms with Crippen LogP contribution >= 0.6 is 67.8 Å². The van der Waals surface area contributed by atoms with E-state index < -0.39 is 12.2 Å². The highest BCUT2D eigenvalue weighted by Crippen LogP contribution is 2.39. The molecule has 1 aromatic rings. The Hall–Kier alpha value is -0.510. The van der Waals surface area contributed by atoms with Crippen molar-refractivity contribution in [3.8, 4) is 0 Å². The molecule has 0 aromatic heterocycles. The highest BCUT2D eigenvalue weighted by atomic mass is 127. The molecule has 2 rings (SSSR count). The number of carbonyl (C=O) groups excluding carboxylic acids is 3. The third-order valence-electron chi connectivity index (χ3n) is 2.62. The Kier molecular flexibility index (Phi) is 6.21. The number of hydrogen-bond donors (Lipinski definition) is 2. The Morgan fingerprint density at radius 3 is 1.78 bits per heavy atom. The zero-order chi connectivity index (χ0) is 17.3. The number of anilines is 2. The van der Waals surface area contributed by atoms with Gasteiger partial charge in [0.25, 0.3) is 0 Å². The van der Waals surface area contributed by atoms with Crippen molar-refractivity contribution in [3.63, 3.8) is 0 Å². The second-order valence-electron chi connectivity index (χ2n) is 4.52. The van der Waals surface area contributed by atoms with Gasteiger partial charge in [-0.25, -0.2) is 9.79 Å². The molecular formula is C13H10I3N3O4. The molecule has 0 spiro atoms. The molecule has 23 heavy (non-hydrogen) atoms. The zero-order valence-electron chi connectivity index (χ0n) is 11.9. The number of esters is 1. The number of halogens is 3. The third kappa shape index (κ3) is 4.52. The normalized spacial score (nSPS) is 15.1. The molecular weight excluding hydrogens is 643 g/mol. The average molecular weight is 653 g/mol. The van der Waals surface area contributed by atoms with Crippen LogP contribution in [0, 0.1) is 10.7 Å². The monoisotopic (exact) mass is 653 g/mol. The van der Waals surface area contributed by atoms with E-state index >= 15 is 0 Å². The minimum Gasteiger partial charge on any atom is -0.431 e. The second kappa shape index (κ2) is 7.58. The molecule has 0 radical (unpaired) electrons. The highest BCUT2D eigenvalue weighted by molar-refractivity contribution is 14.1. The van der Waals surface area contributed by atoms with Crippen LogP contribution in [0.3, 0.4) is 0 Å². The Bertz CT molecular complexity index is 699. The smallest absolute Gasteiger partial charge is 0.342 e. The van der Waals surface area contributed by atoms with Gasteiger partial charge in [0.1, 0.15) is 0 Å². The summed E-state index contributed by atoms with van der Waals surface area (Å²) in [6.07, 6.45) is 0.982. The largest absolute Gasteiger partial charge is 0.431 e. The number of nitrogens with one attached hydrogen (secondary N) is 2. The maximum atomic E-state index is 12.4. The molecule has 122 valence electrons. The molecule has 7 nitrogen and oxygen atoms in total. The molecule has 0 bridgehead atoms. The van der Waals surface area contributed by atoms with E-state index in [1.807, 2.05) is 67.8 Å². The van der Waals surface area contributed by atoms with E-state index in [9.17, 15) is 14.4 Å². The van der Waals surface area contributed by atoms with E-state index in [4.69, 9.17) is 4.74 Å². The fraction of sp³-hybridized carbons (Fsp3) is 0.231. The lowest BCUT2D eigenvalue weighted by Gasteiger charge is -2.18. The number of rotatable bonds is 4. The van der Waals surface area contributed by atoms with Crippen LogP contribution in [0.2, 0.25) is 0 Å². The van der Waals surface area contributed by atoms with Crippen LogP contribution in [0.1, 0.15) is 24.2 Å². The first-order valence-electron chi connectivity index (χ1n) is 6.22. The number of nitrogens with zero attached hydrogens (tertiary/aromatic N) is 1. The van der Waals surface area contributed by atoms with E-state index in [0.717, 1.165) is 0 Å². The average Bonchev–Trinajstić information content (AvgIpc) is 3.23. The van der Waals surface area contributed by atoms with Crippen molar-refractivity contribution >= 4 is 103 Å². The van der Waals surface area contributed by atoms with Crippen LogP contribution in [0.25, 0.3) is 0 Å². The minimum atomic E-state index is -0.559. The number of carbonyl (C=O) groups is 3.